The number of amides is 1. The molecule has 1 amide bonds. The Morgan fingerprint density at radius 3 is 2.42 bits per heavy atom. The van der Waals surface area contributed by atoms with Crippen molar-refractivity contribution in [2.75, 3.05) is 7.11 Å². The zero-order valence-electron chi connectivity index (χ0n) is 14.4. The second kappa shape index (κ2) is 7.66. The van der Waals surface area contributed by atoms with Gasteiger partial charge in [-0.3, -0.25) is 4.90 Å². The number of methoxy groups -OCH3 is 1. The molecule has 0 spiro atoms. The van der Waals surface area contributed by atoms with Crippen LogP contribution in [-0.4, -0.2) is 46.9 Å². The number of nitrogens with zero attached hydrogens (tertiary/aromatic N) is 1. The van der Waals surface area contributed by atoms with Crippen LogP contribution in [0.3, 0.4) is 0 Å². The summed E-state index contributed by atoms with van der Waals surface area (Å²) < 4.78 is 10.7. The SMILES string of the molecule is COC(C)(C)CC(C(=O)O)N(C(=O)OCc1ccccc1)C1CC1. The standard InChI is InChI=1S/C18H25NO5/c1-18(2,23-3)11-15(16(20)21)19(14-9-10-14)17(22)24-12-13-7-5-4-6-8-13/h4-8,14-15H,9-12H2,1-3H3,(H,20,21). The summed E-state index contributed by atoms with van der Waals surface area (Å²) in [5.74, 6) is -1.04. The zero-order valence-corrected chi connectivity index (χ0v) is 14.4. The number of ether oxygens (including phenoxy) is 2. The predicted octanol–water partition coefficient (Wildman–Crippen LogP) is 3.06. The third-order valence-electron chi connectivity index (χ3n) is 4.21. The average Bonchev–Trinajstić information content (AvgIpc) is 3.38. The third kappa shape index (κ3) is 4.96. The Kier molecular flexibility index (Phi) is 5.83. The van der Waals surface area contributed by atoms with Crippen LogP contribution in [0.1, 0.15) is 38.7 Å². The van der Waals surface area contributed by atoms with E-state index in [-0.39, 0.29) is 19.1 Å². The Bertz CT molecular complexity index is 568. The van der Waals surface area contributed by atoms with Crippen LogP contribution in [0.4, 0.5) is 4.79 Å². The van der Waals surface area contributed by atoms with E-state index >= 15 is 0 Å². The number of carboxylic acids is 1. The molecule has 132 valence electrons. The molecule has 0 saturated heterocycles. The van der Waals surface area contributed by atoms with E-state index < -0.39 is 23.7 Å². The monoisotopic (exact) mass is 335 g/mol. The highest BCUT2D eigenvalue weighted by molar-refractivity contribution is 5.80. The van der Waals surface area contributed by atoms with Crippen LogP contribution in [-0.2, 0) is 20.9 Å². The molecule has 0 aromatic heterocycles. The van der Waals surface area contributed by atoms with Crippen LogP contribution in [0.2, 0.25) is 0 Å². The molecule has 1 unspecified atom stereocenters. The van der Waals surface area contributed by atoms with Gasteiger partial charge < -0.3 is 14.6 Å². The van der Waals surface area contributed by atoms with Gasteiger partial charge in [0, 0.05) is 19.6 Å². The number of hydrogen-bond acceptors (Lipinski definition) is 4. The highest BCUT2D eigenvalue weighted by Gasteiger charge is 2.43. The number of hydrogen-bond donors (Lipinski definition) is 1. The molecule has 0 heterocycles. The number of carbonyl (C=O) groups is 2. The minimum atomic E-state index is -1.04. The van der Waals surface area contributed by atoms with Crippen molar-refractivity contribution in [3.63, 3.8) is 0 Å². The second-order valence-corrected chi connectivity index (χ2v) is 6.70. The summed E-state index contributed by atoms with van der Waals surface area (Å²) >= 11 is 0. The number of carboxylic acid groups (broad SMARTS) is 1. The molecule has 1 fully saturated rings. The average molecular weight is 335 g/mol. The van der Waals surface area contributed by atoms with E-state index in [0.29, 0.717) is 0 Å². The van der Waals surface area contributed by atoms with Gasteiger partial charge >= 0.3 is 12.1 Å². The van der Waals surface area contributed by atoms with Crippen LogP contribution in [0, 0.1) is 0 Å². The fraction of sp³-hybridized carbons (Fsp3) is 0.556. The van der Waals surface area contributed by atoms with E-state index in [9.17, 15) is 14.7 Å². The number of benzene rings is 1. The predicted molar refractivity (Wildman–Crippen MR) is 88.6 cm³/mol. The Morgan fingerprint density at radius 1 is 1.29 bits per heavy atom. The lowest BCUT2D eigenvalue weighted by Gasteiger charge is -2.33. The Labute approximate surface area is 142 Å². The normalized spacial score (nSPS) is 15.6. The fourth-order valence-electron chi connectivity index (χ4n) is 2.53. The summed E-state index contributed by atoms with van der Waals surface area (Å²) in [5, 5.41) is 9.61. The second-order valence-electron chi connectivity index (χ2n) is 6.70. The molecule has 1 atom stereocenters. The number of aliphatic carboxylic acids is 1. The van der Waals surface area contributed by atoms with Gasteiger partial charge in [-0.1, -0.05) is 30.3 Å². The summed E-state index contributed by atoms with van der Waals surface area (Å²) in [5.41, 5.74) is 0.223. The summed E-state index contributed by atoms with van der Waals surface area (Å²) in [6, 6.07) is 8.30. The van der Waals surface area contributed by atoms with Gasteiger partial charge in [0.2, 0.25) is 0 Å². The van der Waals surface area contributed by atoms with Gasteiger partial charge in [0.05, 0.1) is 5.60 Å². The highest BCUT2D eigenvalue weighted by atomic mass is 16.6. The summed E-state index contributed by atoms with van der Waals surface area (Å²) in [6.07, 6.45) is 1.23. The van der Waals surface area contributed by atoms with Gasteiger partial charge in [0.1, 0.15) is 12.6 Å². The lowest BCUT2D eigenvalue weighted by molar-refractivity contribution is -0.145. The van der Waals surface area contributed by atoms with Crippen molar-refractivity contribution in [1.82, 2.24) is 4.90 Å². The molecule has 1 saturated carbocycles. The lowest BCUT2D eigenvalue weighted by Crippen LogP contribution is -2.50. The molecule has 1 N–H and O–H groups in total. The quantitative estimate of drug-likeness (QED) is 0.790. The van der Waals surface area contributed by atoms with E-state index in [2.05, 4.69) is 0 Å². The maximum atomic E-state index is 12.5. The molecule has 0 aliphatic heterocycles. The van der Waals surface area contributed by atoms with Crippen molar-refractivity contribution in [3.05, 3.63) is 35.9 Å². The van der Waals surface area contributed by atoms with Crippen molar-refractivity contribution < 1.29 is 24.2 Å². The summed E-state index contributed by atoms with van der Waals surface area (Å²) in [6.45, 7) is 3.75. The molecule has 1 aliphatic rings. The van der Waals surface area contributed by atoms with E-state index in [1.807, 2.05) is 44.2 Å². The molecule has 1 aromatic carbocycles. The number of carbonyl (C=O) groups excluding carboxylic acids is 1. The van der Waals surface area contributed by atoms with Crippen molar-refractivity contribution in [2.45, 2.75) is 57.4 Å². The zero-order chi connectivity index (χ0) is 17.7. The number of rotatable bonds is 8. The summed E-state index contributed by atoms with van der Waals surface area (Å²) in [7, 11) is 1.54. The Morgan fingerprint density at radius 2 is 1.92 bits per heavy atom. The van der Waals surface area contributed by atoms with Crippen molar-refractivity contribution >= 4 is 12.1 Å². The van der Waals surface area contributed by atoms with Crippen molar-refractivity contribution in [2.24, 2.45) is 0 Å². The Balaban J connectivity index is 2.08. The largest absolute Gasteiger partial charge is 0.480 e. The van der Waals surface area contributed by atoms with Crippen LogP contribution < -0.4 is 0 Å². The first-order valence-electron chi connectivity index (χ1n) is 8.11. The van der Waals surface area contributed by atoms with Crippen LogP contribution in [0.15, 0.2) is 30.3 Å². The van der Waals surface area contributed by atoms with Crippen LogP contribution >= 0.6 is 0 Å². The first-order valence-corrected chi connectivity index (χ1v) is 8.11. The minimum absolute atomic E-state index is 0.0676. The first kappa shape index (κ1) is 18.3. The molecule has 2 rings (SSSR count). The molecule has 1 aromatic rings. The molecular weight excluding hydrogens is 310 g/mol. The van der Waals surface area contributed by atoms with Crippen LogP contribution in [0.5, 0.6) is 0 Å². The molecule has 6 heteroatoms. The van der Waals surface area contributed by atoms with Gasteiger partial charge in [-0.05, 0) is 32.3 Å². The molecule has 0 bridgehead atoms. The first-order chi connectivity index (χ1) is 11.3. The van der Waals surface area contributed by atoms with E-state index in [1.54, 1.807) is 0 Å². The van der Waals surface area contributed by atoms with Crippen molar-refractivity contribution in [1.29, 1.82) is 0 Å². The van der Waals surface area contributed by atoms with Crippen LogP contribution in [0.25, 0.3) is 0 Å². The minimum Gasteiger partial charge on any atom is -0.480 e. The Hall–Kier alpha value is -2.08. The van der Waals surface area contributed by atoms with E-state index in [0.717, 1.165) is 18.4 Å². The van der Waals surface area contributed by atoms with E-state index in [1.165, 1.54) is 12.0 Å². The topological polar surface area (TPSA) is 76.1 Å². The van der Waals surface area contributed by atoms with Gasteiger partial charge in [0.15, 0.2) is 0 Å². The maximum absolute atomic E-state index is 12.5. The maximum Gasteiger partial charge on any atom is 0.411 e. The van der Waals surface area contributed by atoms with Gasteiger partial charge in [0.25, 0.3) is 0 Å². The molecular formula is C18H25NO5. The van der Waals surface area contributed by atoms with Gasteiger partial charge in [-0.2, -0.15) is 0 Å². The van der Waals surface area contributed by atoms with Crippen molar-refractivity contribution in [3.8, 4) is 0 Å². The van der Waals surface area contributed by atoms with Gasteiger partial charge in [-0.25, -0.2) is 9.59 Å². The summed E-state index contributed by atoms with van der Waals surface area (Å²) in [4.78, 5) is 25.6. The fourth-order valence-corrected chi connectivity index (χ4v) is 2.53. The molecule has 1 aliphatic carbocycles. The third-order valence-corrected chi connectivity index (χ3v) is 4.21. The van der Waals surface area contributed by atoms with E-state index in [4.69, 9.17) is 9.47 Å². The highest BCUT2D eigenvalue weighted by Crippen LogP contribution is 2.32. The van der Waals surface area contributed by atoms with Gasteiger partial charge in [-0.15, -0.1) is 0 Å². The molecule has 24 heavy (non-hydrogen) atoms. The molecule has 6 nitrogen and oxygen atoms in total. The molecule has 0 radical (unpaired) electrons. The smallest absolute Gasteiger partial charge is 0.411 e. The lowest BCUT2D eigenvalue weighted by atomic mass is 9.97.